The van der Waals surface area contributed by atoms with E-state index in [-0.39, 0.29) is 12.4 Å². The van der Waals surface area contributed by atoms with Crippen LogP contribution in [0.25, 0.3) is 0 Å². The molecule has 0 radical (unpaired) electrons. The van der Waals surface area contributed by atoms with Crippen LogP contribution in [0, 0.1) is 5.92 Å². The highest BCUT2D eigenvalue weighted by molar-refractivity contribution is 6.39. The molecule has 1 atom stereocenters. The molecule has 1 aliphatic rings. The second-order valence-corrected chi connectivity index (χ2v) is 3.59. The minimum Gasteiger partial charge on any atom is -0.463 e. The lowest BCUT2D eigenvalue weighted by molar-refractivity contribution is -0.154. The Balaban J connectivity index is 2.79. The Morgan fingerprint density at radius 1 is 1.50 bits per heavy atom. The molecule has 1 unspecified atom stereocenters. The van der Waals surface area contributed by atoms with Crippen LogP contribution in [0.5, 0.6) is 0 Å². The molecule has 0 spiro atoms. The molecular weight excluding hydrogens is 188 g/mol. The fourth-order valence-corrected chi connectivity index (χ4v) is 1.30. The molecule has 0 aromatic heterocycles. The molecule has 78 valence electrons. The number of Topliss-reactive ketones (excluding diaryl/α,β-unsaturated/α-hetero) is 2. The van der Waals surface area contributed by atoms with Crippen molar-refractivity contribution >= 4 is 17.5 Å². The van der Waals surface area contributed by atoms with Crippen LogP contribution in [0.15, 0.2) is 0 Å². The minimum atomic E-state index is -1.00. The van der Waals surface area contributed by atoms with Gasteiger partial charge in [0, 0.05) is 0 Å². The predicted molar refractivity (Wildman–Crippen MR) is 45.6 cm³/mol. The van der Waals surface area contributed by atoms with Crippen molar-refractivity contribution < 1.29 is 23.9 Å². The van der Waals surface area contributed by atoms with Crippen LogP contribution in [-0.2, 0) is 23.9 Å². The topological polar surface area (TPSA) is 69.7 Å². The Kier molecular flexibility index (Phi) is 2.71. The third-order valence-corrected chi connectivity index (χ3v) is 2.22. The lowest BCUT2D eigenvalue weighted by Gasteiger charge is -2.13. The van der Waals surface area contributed by atoms with Crippen molar-refractivity contribution in [3.05, 3.63) is 0 Å². The maximum Gasteiger partial charge on any atom is 0.375 e. The Labute approximate surface area is 81.4 Å². The molecule has 1 rings (SSSR count). The van der Waals surface area contributed by atoms with E-state index in [0.717, 1.165) is 7.11 Å². The lowest BCUT2D eigenvalue weighted by atomic mass is 9.93. The summed E-state index contributed by atoms with van der Waals surface area (Å²) in [6.07, 6.45) is 0. The van der Waals surface area contributed by atoms with Crippen molar-refractivity contribution in [1.82, 2.24) is 0 Å². The summed E-state index contributed by atoms with van der Waals surface area (Å²) < 4.78 is 9.35. The van der Waals surface area contributed by atoms with E-state index >= 15 is 0 Å². The van der Waals surface area contributed by atoms with E-state index in [4.69, 9.17) is 4.74 Å². The van der Waals surface area contributed by atoms with Gasteiger partial charge in [0.25, 0.3) is 5.78 Å². The van der Waals surface area contributed by atoms with Gasteiger partial charge in [-0.2, -0.15) is 0 Å². The second-order valence-electron chi connectivity index (χ2n) is 3.59. The maximum atomic E-state index is 11.5. The molecule has 0 aromatic carbocycles. The largest absolute Gasteiger partial charge is 0.463 e. The summed E-state index contributed by atoms with van der Waals surface area (Å²) in [5.41, 5.74) is -0.978. The average Bonchev–Trinajstić information content (AvgIpc) is 2.40. The summed E-state index contributed by atoms with van der Waals surface area (Å²) in [5.74, 6) is -3.20. The van der Waals surface area contributed by atoms with Crippen LogP contribution in [0.3, 0.4) is 0 Å². The van der Waals surface area contributed by atoms with Gasteiger partial charge in [-0.3, -0.25) is 9.59 Å². The van der Waals surface area contributed by atoms with Gasteiger partial charge in [-0.15, -0.1) is 0 Å². The van der Waals surface area contributed by atoms with E-state index in [1.807, 2.05) is 0 Å². The molecule has 14 heavy (non-hydrogen) atoms. The van der Waals surface area contributed by atoms with Crippen LogP contribution in [0.1, 0.15) is 13.8 Å². The summed E-state index contributed by atoms with van der Waals surface area (Å²) >= 11 is 0. The lowest BCUT2D eigenvalue weighted by Crippen LogP contribution is -2.35. The minimum absolute atomic E-state index is 0.0419. The van der Waals surface area contributed by atoms with E-state index in [0.29, 0.717) is 0 Å². The predicted octanol–water partition coefficient (Wildman–Crippen LogP) is -0.277. The number of esters is 1. The zero-order valence-electron chi connectivity index (χ0n) is 8.33. The number of ketones is 2. The van der Waals surface area contributed by atoms with Crippen LogP contribution >= 0.6 is 0 Å². The number of carbonyl (C=O) groups is 3. The van der Waals surface area contributed by atoms with Crippen molar-refractivity contribution in [3.8, 4) is 0 Å². The van der Waals surface area contributed by atoms with Gasteiger partial charge < -0.3 is 9.47 Å². The normalized spacial score (nSPS) is 24.8. The van der Waals surface area contributed by atoms with E-state index in [1.54, 1.807) is 13.8 Å². The Morgan fingerprint density at radius 2 is 2.07 bits per heavy atom. The molecule has 1 saturated heterocycles. The monoisotopic (exact) mass is 200 g/mol. The smallest absolute Gasteiger partial charge is 0.375 e. The second kappa shape index (κ2) is 3.49. The van der Waals surface area contributed by atoms with Gasteiger partial charge >= 0.3 is 5.97 Å². The highest BCUT2D eigenvalue weighted by Gasteiger charge is 2.47. The van der Waals surface area contributed by atoms with E-state index in [9.17, 15) is 14.4 Å². The highest BCUT2D eigenvalue weighted by atomic mass is 16.5. The van der Waals surface area contributed by atoms with E-state index in [2.05, 4.69) is 4.74 Å². The third kappa shape index (κ3) is 1.68. The molecule has 0 bridgehead atoms. The highest BCUT2D eigenvalue weighted by Crippen LogP contribution is 2.26. The van der Waals surface area contributed by atoms with Crippen LogP contribution < -0.4 is 0 Å². The zero-order chi connectivity index (χ0) is 10.9. The van der Waals surface area contributed by atoms with Crippen LogP contribution in [0.4, 0.5) is 0 Å². The van der Waals surface area contributed by atoms with Gasteiger partial charge in [-0.25, -0.2) is 4.79 Å². The molecule has 5 nitrogen and oxygen atoms in total. The fourth-order valence-electron chi connectivity index (χ4n) is 1.30. The zero-order valence-corrected chi connectivity index (χ0v) is 8.33. The first-order valence-corrected chi connectivity index (χ1v) is 4.20. The quantitative estimate of drug-likeness (QED) is 0.348. The van der Waals surface area contributed by atoms with Crippen LogP contribution in [0.2, 0.25) is 0 Å². The van der Waals surface area contributed by atoms with Gasteiger partial charge in [-0.1, -0.05) is 0 Å². The van der Waals surface area contributed by atoms with Crippen molar-refractivity contribution in [2.75, 3.05) is 13.7 Å². The summed E-state index contributed by atoms with van der Waals surface area (Å²) in [6, 6.07) is 0. The van der Waals surface area contributed by atoms with Crippen molar-refractivity contribution in [3.63, 3.8) is 0 Å². The Bertz CT molecular complexity index is 292. The molecule has 0 aromatic rings. The molecule has 0 N–H and O–H groups in total. The fraction of sp³-hybridized carbons (Fsp3) is 0.667. The SMILES string of the molecule is COC(=O)C(=O)C1COC(C)(C)C1=O. The summed E-state index contributed by atoms with van der Waals surface area (Å²) in [7, 11) is 1.10. The molecule has 0 amide bonds. The van der Waals surface area contributed by atoms with Gasteiger partial charge in [0.1, 0.15) is 11.5 Å². The number of hydrogen-bond acceptors (Lipinski definition) is 5. The summed E-state index contributed by atoms with van der Waals surface area (Å²) in [5, 5.41) is 0. The average molecular weight is 200 g/mol. The molecule has 1 aliphatic heterocycles. The first kappa shape index (κ1) is 10.8. The van der Waals surface area contributed by atoms with Crippen LogP contribution in [-0.4, -0.2) is 36.9 Å². The van der Waals surface area contributed by atoms with Gasteiger partial charge in [0.2, 0.25) is 0 Å². The Hall–Kier alpha value is -1.23. The van der Waals surface area contributed by atoms with Crippen molar-refractivity contribution in [1.29, 1.82) is 0 Å². The van der Waals surface area contributed by atoms with Gasteiger partial charge in [0.05, 0.1) is 13.7 Å². The number of carbonyl (C=O) groups excluding carboxylic acids is 3. The standard InChI is InChI=1S/C9H12O5/c1-9(2)7(11)5(4-14-9)6(10)8(12)13-3/h5H,4H2,1-3H3. The number of hydrogen-bond donors (Lipinski definition) is 0. The maximum absolute atomic E-state index is 11.5. The number of ether oxygens (including phenoxy) is 2. The number of methoxy groups -OCH3 is 1. The van der Waals surface area contributed by atoms with Crippen molar-refractivity contribution in [2.24, 2.45) is 5.92 Å². The molecular formula is C9H12O5. The van der Waals surface area contributed by atoms with E-state index in [1.165, 1.54) is 0 Å². The van der Waals surface area contributed by atoms with Gasteiger partial charge in [0.15, 0.2) is 5.78 Å². The molecule has 1 fully saturated rings. The molecule has 0 aliphatic carbocycles. The first-order chi connectivity index (χ1) is 6.40. The number of rotatable bonds is 2. The Morgan fingerprint density at radius 3 is 2.43 bits per heavy atom. The molecule has 1 heterocycles. The third-order valence-electron chi connectivity index (χ3n) is 2.22. The van der Waals surface area contributed by atoms with Crippen molar-refractivity contribution in [2.45, 2.75) is 19.4 Å². The molecule has 0 saturated carbocycles. The van der Waals surface area contributed by atoms with Gasteiger partial charge in [-0.05, 0) is 13.8 Å². The summed E-state index contributed by atoms with van der Waals surface area (Å²) in [6.45, 7) is 3.10. The molecule has 5 heteroatoms. The summed E-state index contributed by atoms with van der Waals surface area (Å²) in [4.78, 5) is 33.7. The van der Waals surface area contributed by atoms with E-state index < -0.39 is 23.3 Å². The first-order valence-electron chi connectivity index (χ1n) is 4.20.